The lowest BCUT2D eigenvalue weighted by molar-refractivity contribution is -0.145. The molecule has 5 N–H and O–H groups in total. The van der Waals surface area contributed by atoms with Crippen molar-refractivity contribution in [3.63, 3.8) is 0 Å². The zero-order valence-corrected chi connectivity index (χ0v) is 58.2. The fourth-order valence-electron chi connectivity index (χ4n) is 11.4. The molecule has 4 atom stereocenters. The first-order chi connectivity index (χ1) is 45.3. The smallest absolute Gasteiger partial charge is 0.361 e. The number of unbranched alkanes of at least 4 members (excludes halogenated alkanes) is 13. The maximum Gasteiger partial charge on any atom is 0.361 e. The van der Waals surface area contributed by atoms with Crippen LogP contribution in [0, 0.1) is 12.3 Å². The molecule has 3 heterocycles. The molecule has 2 aliphatic rings. The highest BCUT2D eigenvalue weighted by Crippen LogP contribution is 2.59. The molecule has 1 aromatic carbocycles. The molecule has 1 saturated carbocycles. The number of carbonyl (C=O) groups is 9. The van der Waals surface area contributed by atoms with Gasteiger partial charge in [0.1, 0.15) is 42.3 Å². The van der Waals surface area contributed by atoms with Gasteiger partial charge in [-0.25, -0.2) is 9.78 Å². The molecule has 28 heteroatoms. The van der Waals surface area contributed by atoms with E-state index in [1.54, 1.807) is 66.8 Å². The number of anilines is 1. The topological polar surface area (TPSA) is 326 Å². The number of carbonyl (C=O) groups excluding carboxylic acids is 9. The number of nitrogens with one attached hydrogen (secondary N) is 5. The van der Waals surface area contributed by atoms with E-state index >= 15 is 0 Å². The van der Waals surface area contributed by atoms with Crippen molar-refractivity contribution in [2.45, 2.75) is 181 Å². The second-order valence-corrected chi connectivity index (χ2v) is 26.5. The van der Waals surface area contributed by atoms with Crippen LogP contribution in [0.2, 0.25) is 0 Å². The number of piperidine rings is 1. The number of amides is 6. The van der Waals surface area contributed by atoms with Crippen LogP contribution in [0.15, 0.2) is 41.1 Å². The maximum absolute atomic E-state index is 14.6. The molecular weight excluding hydrogens is 1300 g/mol. The van der Waals surface area contributed by atoms with Crippen molar-refractivity contribution in [1.29, 1.82) is 0 Å². The molecule has 524 valence electrons. The number of hydrogen-bond acceptors (Lipinski definition) is 19. The Balaban J connectivity index is 0.894. The fraction of sp³-hybridized carbons (Fsp3) is 0.667. The molecule has 0 bridgehead atoms. The summed E-state index contributed by atoms with van der Waals surface area (Å²) in [4.78, 5) is 122. The summed E-state index contributed by atoms with van der Waals surface area (Å²) in [7, 11) is -1.07. The number of pyridine rings is 1. The highest BCUT2D eigenvalue weighted by molar-refractivity contribution is 9.10. The Morgan fingerprint density at radius 3 is 1.81 bits per heavy atom. The molecule has 1 aliphatic heterocycles. The molecule has 5 rings (SSSR count). The zero-order chi connectivity index (χ0) is 68.3. The molecule has 2 fully saturated rings. The van der Waals surface area contributed by atoms with Gasteiger partial charge < -0.3 is 73.5 Å². The number of Topliss-reactive ketones (excluding diaryl/α,β-unsaturated/α-hetero) is 1. The molecule has 0 radical (unpaired) electrons. The van der Waals surface area contributed by atoms with Gasteiger partial charge in [0.25, 0.3) is 0 Å². The van der Waals surface area contributed by atoms with Crippen LogP contribution >= 0.6 is 23.5 Å². The SMILES string of the molecule is CCOP(=O)(OCC)c1ccc2c(C(C)=O)cn(CC(=O)N3[C@H](C(=O)Nc4nc(Br)ccc4C)C[C@@]4(CNC(=O)COCCOCCNC(=O)COCCOCCNC(=O)CC[C@H](NC(=O)CCCCCCCCCCCCCCCCC(=O)OC)C(=O)OC)C[C@@H]34)c2c1. The Bertz CT molecular complexity index is 2990. The van der Waals surface area contributed by atoms with Crippen molar-refractivity contribution in [3.8, 4) is 0 Å². The molecule has 1 aliphatic carbocycles. The van der Waals surface area contributed by atoms with Gasteiger partial charge in [-0.1, -0.05) is 89.2 Å². The Hall–Kier alpha value is -6.19. The summed E-state index contributed by atoms with van der Waals surface area (Å²) in [6.45, 7) is 7.64. The number of likely N-dealkylation sites (tertiary alicyclic amines) is 1. The predicted octanol–water partition coefficient (Wildman–Crippen LogP) is 7.47. The number of hydrogen-bond donors (Lipinski definition) is 5. The molecule has 94 heavy (non-hydrogen) atoms. The zero-order valence-electron chi connectivity index (χ0n) is 55.8. The first kappa shape index (κ1) is 78.5. The third-order valence-electron chi connectivity index (χ3n) is 16.5. The van der Waals surface area contributed by atoms with Crippen molar-refractivity contribution in [2.75, 3.05) is 105 Å². The van der Waals surface area contributed by atoms with Crippen molar-refractivity contribution in [3.05, 3.63) is 52.3 Å². The van der Waals surface area contributed by atoms with Crippen LogP contribution in [0.5, 0.6) is 0 Å². The Kier molecular flexibility index (Phi) is 35.4. The number of halogens is 1. The lowest BCUT2D eigenvalue weighted by atomic mass is 9.99. The summed E-state index contributed by atoms with van der Waals surface area (Å²) in [5.74, 6) is -2.82. The minimum absolute atomic E-state index is 0.00446. The number of nitrogens with zero attached hydrogens (tertiary/aromatic N) is 3. The maximum atomic E-state index is 14.6. The van der Waals surface area contributed by atoms with Crippen LogP contribution in [0.1, 0.15) is 165 Å². The van der Waals surface area contributed by atoms with Gasteiger partial charge in [0, 0.05) is 67.5 Å². The first-order valence-corrected chi connectivity index (χ1v) is 35.5. The summed E-state index contributed by atoms with van der Waals surface area (Å²) in [6.07, 6.45) is 18.8. The number of esters is 2. The largest absolute Gasteiger partial charge is 0.469 e. The second-order valence-electron chi connectivity index (χ2n) is 23.7. The van der Waals surface area contributed by atoms with Crippen molar-refractivity contribution < 1.29 is 85.2 Å². The number of ketones is 1. The first-order valence-electron chi connectivity index (χ1n) is 33.1. The van der Waals surface area contributed by atoms with Crippen LogP contribution in [-0.4, -0.2) is 186 Å². The summed E-state index contributed by atoms with van der Waals surface area (Å²) in [5.41, 5.74) is 0.920. The number of aromatic nitrogens is 2. The normalized spacial score (nSPS) is 16.1. The summed E-state index contributed by atoms with van der Waals surface area (Å²) in [5, 5.41) is 14.8. The summed E-state index contributed by atoms with van der Waals surface area (Å²) < 4.78 is 58.6. The van der Waals surface area contributed by atoms with Gasteiger partial charge in [0.05, 0.1) is 77.9 Å². The van der Waals surface area contributed by atoms with Crippen LogP contribution < -0.4 is 31.9 Å². The third kappa shape index (κ3) is 26.8. The van der Waals surface area contributed by atoms with Gasteiger partial charge in [-0.2, -0.15) is 0 Å². The number of rotatable bonds is 50. The van der Waals surface area contributed by atoms with Crippen LogP contribution in [0.25, 0.3) is 10.9 Å². The van der Waals surface area contributed by atoms with Crippen LogP contribution in [0.4, 0.5) is 5.82 Å². The van der Waals surface area contributed by atoms with Crippen molar-refractivity contribution >= 4 is 98.7 Å². The number of methoxy groups -OCH3 is 2. The highest BCUT2D eigenvalue weighted by Gasteiger charge is 2.67. The van der Waals surface area contributed by atoms with Crippen molar-refractivity contribution in [1.82, 2.24) is 35.7 Å². The van der Waals surface area contributed by atoms with Crippen molar-refractivity contribution in [2.24, 2.45) is 5.41 Å². The average molecular weight is 1400 g/mol. The lowest BCUT2D eigenvalue weighted by Gasteiger charge is -2.27. The van der Waals surface area contributed by atoms with Crippen LogP contribution in [-0.2, 0) is 86.9 Å². The summed E-state index contributed by atoms with van der Waals surface area (Å²) >= 11 is 3.36. The molecular formula is C66H100BrN8O18P. The summed E-state index contributed by atoms with van der Waals surface area (Å²) in [6, 6.07) is 6.16. The van der Waals surface area contributed by atoms with Crippen LogP contribution in [0.3, 0.4) is 0 Å². The quantitative estimate of drug-likeness (QED) is 0.0120. The van der Waals surface area contributed by atoms with Gasteiger partial charge in [-0.3, -0.25) is 42.9 Å². The Morgan fingerprint density at radius 2 is 1.23 bits per heavy atom. The Morgan fingerprint density at radius 1 is 0.670 bits per heavy atom. The number of fused-ring (bicyclic) bond motifs is 2. The number of benzene rings is 1. The van der Waals surface area contributed by atoms with E-state index < -0.39 is 54.8 Å². The van der Waals surface area contributed by atoms with E-state index in [9.17, 15) is 47.7 Å². The molecule has 6 amide bonds. The molecule has 0 unspecified atom stereocenters. The van der Waals surface area contributed by atoms with Gasteiger partial charge in [0.15, 0.2) is 5.78 Å². The van der Waals surface area contributed by atoms with E-state index in [1.165, 1.54) is 66.1 Å². The van der Waals surface area contributed by atoms with E-state index in [4.69, 9.17) is 32.7 Å². The van der Waals surface area contributed by atoms with E-state index in [-0.39, 0.29) is 146 Å². The van der Waals surface area contributed by atoms with E-state index in [0.29, 0.717) is 58.1 Å². The van der Waals surface area contributed by atoms with Gasteiger partial charge in [-0.05, 0) is 99.5 Å². The van der Waals surface area contributed by atoms with Gasteiger partial charge in [-0.15, -0.1) is 0 Å². The molecule has 26 nitrogen and oxygen atoms in total. The monoisotopic (exact) mass is 1400 g/mol. The fourth-order valence-corrected chi connectivity index (χ4v) is 13.3. The van der Waals surface area contributed by atoms with E-state index in [0.717, 1.165) is 38.5 Å². The number of ether oxygens (including phenoxy) is 6. The molecule has 0 spiro atoms. The van der Waals surface area contributed by atoms with E-state index in [2.05, 4.69) is 52.2 Å². The van der Waals surface area contributed by atoms with E-state index in [1.807, 2.05) is 0 Å². The standard InChI is InChI=1S/C66H100BrN8O18P/c1-7-92-94(85,93-8-2)49-26-27-50-51(48(4)76)42-74(53(50)39-49)43-61(81)75-54(64(83)73-63-47(3)25-29-56(67)72-63)40-66(41-55(66)75)46-70-60(80)45-91-38-36-89-34-32-69-59(79)44-90-37-35-88-33-31-68-57(77)30-28-52(65(84)87-6)71-58(78)23-21-19-17-15-13-11-9-10-12-14-16-18-20-22-24-62(82)86-5/h25-27,29,39,42,52,54-55H,7-24,28,30-38,40-41,43-46H2,1-6H3,(H,68,77)(H,69,79)(H,70,80)(H,71,78)(H,72,73,83)/t52-,54-,55+,66-/m0/s1. The second kappa shape index (κ2) is 42.4. The number of aryl methyl sites for hydroxylation is 1. The third-order valence-corrected chi connectivity index (χ3v) is 19.1. The molecule has 3 aromatic rings. The average Bonchev–Trinajstić information content (AvgIpc) is 1.54. The highest BCUT2D eigenvalue weighted by atomic mass is 79.9. The molecule has 1 saturated heterocycles. The lowest BCUT2D eigenvalue weighted by Crippen LogP contribution is -2.46. The predicted molar refractivity (Wildman–Crippen MR) is 355 cm³/mol. The van der Waals surface area contributed by atoms with Gasteiger partial charge in [0.2, 0.25) is 35.4 Å². The van der Waals surface area contributed by atoms with Gasteiger partial charge >= 0.3 is 19.5 Å². The minimum Gasteiger partial charge on any atom is -0.469 e. The Labute approximate surface area is 560 Å². The minimum atomic E-state index is -3.74. The molecule has 2 aromatic heterocycles.